The van der Waals surface area contributed by atoms with Crippen LogP contribution in [-0.2, 0) is 9.53 Å². The van der Waals surface area contributed by atoms with Crippen molar-refractivity contribution in [1.82, 2.24) is 4.90 Å². The lowest BCUT2D eigenvalue weighted by molar-refractivity contribution is -0.126. The van der Waals surface area contributed by atoms with E-state index in [2.05, 4.69) is 11.9 Å². The maximum absolute atomic E-state index is 11.0. The summed E-state index contributed by atoms with van der Waals surface area (Å²) in [6, 6.07) is 0. The van der Waals surface area contributed by atoms with Gasteiger partial charge in [-0.2, -0.15) is 0 Å². The largest absolute Gasteiger partial charge is 0.370 e. The van der Waals surface area contributed by atoms with Crippen molar-refractivity contribution in [2.75, 3.05) is 26.7 Å². The third-order valence-electron chi connectivity index (χ3n) is 2.54. The molecule has 0 spiro atoms. The number of ketones is 1. The minimum Gasteiger partial charge on any atom is -0.370 e. The van der Waals surface area contributed by atoms with Crippen LogP contribution in [0.15, 0.2) is 0 Å². The first-order valence-corrected chi connectivity index (χ1v) is 5.04. The number of carbonyl (C=O) groups is 1. The number of hydrogen-bond donors (Lipinski definition) is 0. The van der Waals surface area contributed by atoms with Crippen LogP contribution < -0.4 is 0 Å². The number of rotatable bonds is 4. The van der Waals surface area contributed by atoms with Crippen LogP contribution in [0.3, 0.4) is 0 Å². The van der Waals surface area contributed by atoms with E-state index in [-0.39, 0.29) is 5.78 Å². The summed E-state index contributed by atoms with van der Waals surface area (Å²) in [6.07, 6.45) is 3.03. The molecule has 0 amide bonds. The summed E-state index contributed by atoms with van der Waals surface area (Å²) in [7, 11) is 2.12. The van der Waals surface area contributed by atoms with Gasteiger partial charge >= 0.3 is 0 Å². The van der Waals surface area contributed by atoms with E-state index >= 15 is 0 Å². The Kier molecular flexibility index (Phi) is 4.39. The van der Waals surface area contributed by atoms with E-state index in [1.165, 1.54) is 0 Å². The Balaban J connectivity index is 2.12. The molecule has 0 radical (unpaired) electrons. The van der Waals surface area contributed by atoms with Crippen molar-refractivity contribution in [1.29, 1.82) is 0 Å². The Bertz CT molecular complexity index is 162. The van der Waals surface area contributed by atoms with E-state index in [0.29, 0.717) is 19.1 Å². The fourth-order valence-electron chi connectivity index (χ4n) is 1.46. The molecule has 1 aliphatic rings. The molecule has 1 fully saturated rings. The first-order valence-electron chi connectivity index (χ1n) is 5.04. The zero-order valence-corrected chi connectivity index (χ0v) is 8.58. The van der Waals surface area contributed by atoms with Crippen LogP contribution in [0.2, 0.25) is 0 Å². The first-order chi connectivity index (χ1) is 6.22. The summed E-state index contributed by atoms with van der Waals surface area (Å²) in [5.74, 6) is 0.207. The van der Waals surface area contributed by atoms with Gasteiger partial charge in [-0.1, -0.05) is 6.92 Å². The monoisotopic (exact) mass is 185 g/mol. The highest BCUT2D eigenvalue weighted by molar-refractivity contribution is 5.79. The number of likely N-dealkylation sites (tertiary alicyclic amines) is 1. The first kappa shape index (κ1) is 10.7. The Hall–Kier alpha value is -0.410. The molecule has 1 heterocycles. The summed E-state index contributed by atoms with van der Waals surface area (Å²) < 4.78 is 5.51. The summed E-state index contributed by atoms with van der Waals surface area (Å²) in [5, 5.41) is 0. The molecule has 0 N–H and O–H groups in total. The second kappa shape index (κ2) is 5.35. The smallest absolute Gasteiger partial charge is 0.158 e. The summed E-state index contributed by atoms with van der Waals surface area (Å²) in [6.45, 7) is 4.36. The Morgan fingerprint density at radius 3 is 2.62 bits per heavy atom. The number of hydrogen-bond acceptors (Lipinski definition) is 3. The zero-order chi connectivity index (χ0) is 9.68. The molecule has 76 valence electrons. The van der Waals surface area contributed by atoms with Gasteiger partial charge in [-0.05, 0) is 19.9 Å². The van der Waals surface area contributed by atoms with Crippen LogP contribution in [0.25, 0.3) is 0 Å². The quantitative estimate of drug-likeness (QED) is 0.656. The van der Waals surface area contributed by atoms with Crippen molar-refractivity contribution in [2.45, 2.75) is 32.3 Å². The molecule has 0 aliphatic carbocycles. The fraction of sp³-hybridized carbons (Fsp3) is 0.900. The van der Waals surface area contributed by atoms with Gasteiger partial charge in [0.1, 0.15) is 6.61 Å². The average Bonchev–Trinajstić information content (AvgIpc) is 2.16. The maximum atomic E-state index is 11.0. The Morgan fingerprint density at radius 1 is 1.46 bits per heavy atom. The standard InChI is InChI=1S/C10H19NO2/c1-3-9(12)8-13-10-4-6-11(2)7-5-10/h10H,3-8H2,1-2H3. The lowest BCUT2D eigenvalue weighted by atomic mass is 10.1. The van der Waals surface area contributed by atoms with Gasteiger partial charge in [-0.15, -0.1) is 0 Å². The van der Waals surface area contributed by atoms with Crippen molar-refractivity contribution < 1.29 is 9.53 Å². The molecule has 0 aromatic heterocycles. The molecule has 1 saturated heterocycles. The second-order valence-electron chi connectivity index (χ2n) is 3.71. The predicted octanol–water partition coefficient (Wildman–Crippen LogP) is 1.08. The van der Waals surface area contributed by atoms with Crippen molar-refractivity contribution in [3.05, 3.63) is 0 Å². The van der Waals surface area contributed by atoms with Gasteiger partial charge in [0, 0.05) is 19.5 Å². The van der Waals surface area contributed by atoms with Gasteiger partial charge in [-0.25, -0.2) is 0 Å². The molecule has 1 rings (SSSR count). The molecule has 3 nitrogen and oxygen atoms in total. The van der Waals surface area contributed by atoms with Gasteiger partial charge in [0.25, 0.3) is 0 Å². The summed E-state index contributed by atoms with van der Waals surface area (Å²) in [4.78, 5) is 13.3. The highest BCUT2D eigenvalue weighted by atomic mass is 16.5. The molecular weight excluding hydrogens is 166 g/mol. The minimum absolute atomic E-state index is 0.207. The Morgan fingerprint density at radius 2 is 2.08 bits per heavy atom. The maximum Gasteiger partial charge on any atom is 0.158 e. The minimum atomic E-state index is 0.207. The number of nitrogens with zero attached hydrogens (tertiary/aromatic N) is 1. The molecule has 13 heavy (non-hydrogen) atoms. The van der Waals surface area contributed by atoms with Crippen LogP contribution >= 0.6 is 0 Å². The van der Waals surface area contributed by atoms with Crippen molar-refractivity contribution in [3.8, 4) is 0 Å². The number of Topliss-reactive ketones (excluding diaryl/α,β-unsaturated/α-hetero) is 1. The zero-order valence-electron chi connectivity index (χ0n) is 8.58. The van der Waals surface area contributed by atoms with E-state index < -0.39 is 0 Å². The van der Waals surface area contributed by atoms with Gasteiger partial charge in [0.15, 0.2) is 5.78 Å². The summed E-state index contributed by atoms with van der Waals surface area (Å²) in [5.41, 5.74) is 0. The molecule has 1 aliphatic heterocycles. The van der Waals surface area contributed by atoms with Crippen LogP contribution in [0, 0.1) is 0 Å². The Labute approximate surface area is 80.1 Å². The van der Waals surface area contributed by atoms with Gasteiger partial charge in [0.2, 0.25) is 0 Å². The van der Waals surface area contributed by atoms with Crippen LogP contribution in [-0.4, -0.2) is 43.5 Å². The number of carbonyl (C=O) groups excluding carboxylic acids is 1. The lowest BCUT2D eigenvalue weighted by Gasteiger charge is -2.28. The normalized spacial score (nSPS) is 20.5. The third kappa shape index (κ3) is 3.87. The molecule has 0 aromatic rings. The van der Waals surface area contributed by atoms with Crippen LogP contribution in [0.4, 0.5) is 0 Å². The lowest BCUT2D eigenvalue weighted by Crippen LogP contribution is -2.35. The summed E-state index contributed by atoms with van der Waals surface area (Å²) >= 11 is 0. The molecule has 0 unspecified atom stereocenters. The number of piperidine rings is 1. The highest BCUT2D eigenvalue weighted by Crippen LogP contribution is 2.11. The third-order valence-corrected chi connectivity index (χ3v) is 2.54. The molecule has 0 saturated carbocycles. The van der Waals surface area contributed by atoms with Crippen molar-refractivity contribution >= 4 is 5.78 Å². The van der Waals surface area contributed by atoms with Crippen molar-refractivity contribution in [3.63, 3.8) is 0 Å². The van der Waals surface area contributed by atoms with Gasteiger partial charge < -0.3 is 9.64 Å². The van der Waals surface area contributed by atoms with E-state index in [9.17, 15) is 4.79 Å². The van der Waals surface area contributed by atoms with Crippen molar-refractivity contribution in [2.24, 2.45) is 0 Å². The topological polar surface area (TPSA) is 29.5 Å². The molecule has 3 heteroatoms. The molecule has 0 aromatic carbocycles. The second-order valence-corrected chi connectivity index (χ2v) is 3.71. The van der Waals surface area contributed by atoms with Gasteiger partial charge in [-0.3, -0.25) is 4.79 Å². The molecule has 0 atom stereocenters. The van der Waals surface area contributed by atoms with E-state index in [4.69, 9.17) is 4.74 Å². The predicted molar refractivity (Wildman–Crippen MR) is 51.8 cm³/mol. The van der Waals surface area contributed by atoms with E-state index in [1.54, 1.807) is 0 Å². The van der Waals surface area contributed by atoms with Crippen LogP contribution in [0.5, 0.6) is 0 Å². The van der Waals surface area contributed by atoms with Crippen LogP contribution in [0.1, 0.15) is 26.2 Å². The average molecular weight is 185 g/mol. The highest BCUT2D eigenvalue weighted by Gasteiger charge is 2.17. The molecule has 0 bridgehead atoms. The number of ether oxygens (including phenoxy) is 1. The van der Waals surface area contributed by atoms with E-state index in [1.807, 2.05) is 6.92 Å². The SMILES string of the molecule is CCC(=O)COC1CCN(C)CC1. The van der Waals surface area contributed by atoms with Gasteiger partial charge in [0.05, 0.1) is 6.10 Å². The van der Waals surface area contributed by atoms with E-state index in [0.717, 1.165) is 25.9 Å². The fourth-order valence-corrected chi connectivity index (χ4v) is 1.46. The molecular formula is C10H19NO2.